The molecule has 1 fully saturated rings. The van der Waals surface area contributed by atoms with Gasteiger partial charge in [0.25, 0.3) is 0 Å². The van der Waals surface area contributed by atoms with Crippen molar-refractivity contribution in [2.45, 2.75) is 33.1 Å². The molecule has 2 unspecified atom stereocenters. The van der Waals surface area contributed by atoms with Gasteiger partial charge in [-0.05, 0) is 18.3 Å². The summed E-state index contributed by atoms with van der Waals surface area (Å²) in [6, 6.07) is 2.31. The lowest BCUT2D eigenvalue weighted by Gasteiger charge is -2.03. The first-order chi connectivity index (χ1) is 4.23. The molecule has 0 bridgehead atoms. The van der Waals surface area contributed by atoms with Gasteiger partial charge in [-0.3, -0.25) is 0 Å². The van der Waals surface area contributed by atoms with E-state index in [1.165, 1.54) is 12.8 Å². The lowest BCUT2D eigenvalue weighted by molar-refractivity contribution is 0.485. The largest absolute Gasteiger partial charge is 0.198 e. The van der Waals surface area contributed by atoms with E-state index >= 15 is 0 Å². The van der Waals surface area contributed by atoms with Crippen molar-refractivity contribution in [2.75, 3.05) is 0 Å². The molecule has 2 atom stereocenters. The quantitative estimate of drug-likeness (QED) is 0.553. The van der Waals surface area contributed by atoms with Crippen molar-refractivity contribution in [3.63, 3.8) is 0 Å². The third-order valence-electron chi connectivity index (χ3n) is 2.33. The second-order valence-corrected chi connectivity index (χ2v) is 3.29. The highest BCUT2D eigenvalue weighted by Crippen LogP contribution is 2.54. The van der Waals surface area contributed by atoms with Crippen LogP contribution in [0, 0.1) is 22.7 Å². The van der Waals surface area contributed by atoms with Gasteiger partial charge in [0.15, 0.2) is 0 Å². The van der Waals surface area contributed by atoms with Gasteiger partial charge in [-0.2, -0.15) is 5.26 Å². The van der Waals surface area contributed by atoms with E-state index in [0.29, 0.717) is 11.3 Å². The molecule has 50 valence electrons. The molecule has 1 saturated carbocycles. The summed E-state index contributed by atoms with van der Waals surface area (Å²) < 4.78 is 0. The van der Waals surface area contributed by atoms with Crippen LogP contribution in [0.2, 0.25) is 0 Å². The average molecular weight is 123 g/mol. The minimum atomic E-state index is 0.373. The van der Waals surface area contributed by atoms with Crippen molar-refractivity contribution in [2.24, 2.45) is 11.3 Å². The Hall–Kier alpha value is -0.510. The van der Waals surface area contributed by atoms with Crippen LogP contribution in [0.25, 0.3) is 0 Å². The molecule has 0 aromatic carbocycles. The Balaban J connectivity index is 2.35. The average Bonchev–Trinajstić information content (AvgIpc) is 2.43. The SMILES string of the molecule is CCCC1(C)CC1C#N. The molecule has 0 heterocycles. The van der Waals surface area contributed by atoms with Gasteiger partial charge < -0.3 is 0 Å². The zero-order chi connectivity index (χ0) is 6.91. The fourth-order valence-corrected chi connectivity index (χ4v) is 1.46. The molecule has 0 saturated heterocycles. The maximum absolute atomic E-state index is 8.52. The van der Waals surface area contributed by atoms with Crippen LogP contribution in [0.1, 0.15) is 33.1 Å². The van der Waals surface area contributed by atoms with E-state index in [9.17, 15) is 0 Å². The predicted molar refractivity (Wildman–Crippen MR) is 36.7 cm³/mol. The molecule has 9 heavy (non-hydrogen) atoms. The smallest absolute Gasteiger partial charge is 0.0661 e. The first-order valence-electron chi connectivity index (χ1n) is 3.62. The second-order valence-electron chi connectivity index (χ2n) is 3.29. The zero-order valence-electron chi connectivity index (χ0n) is 6.15. The minimum Gasteiger partial charge on any atom is -0.198 e. The van der Waals surface area contributed by atoms with E-state index in [0.717, 1.165) is 6.42 Å². The summed E-state index contributed by atoms with van der Waals surface area (Å²) in [4.78, 5) is 0. The summed E-state index contributed by atoms with van der Waals surface area (Å²) in [5.74, 6) is 0.373. The summed E-state index contributed by atoms with van der Waals surface area (Å²) in [7, 11) is 0. The Morgan fingerprint density at radius 2 is 2.44 bits per heavy atom. The van der Waals surface area contributed by atoms with Crippen LogP contribution in [-0.4, -0.2) is 0 Å². The van der Waals surface area contributed by atoms with E-state index in [4.69, 9.17) is 5.26 Å². The molecule has 1 aliphatic carbocycles. The number of nitrogens with zero attached hydrogens (tertiary/aromatic N) is 1. The van der Waals surface area contributed by atoms with Crippen molar-refractivity contribution in [3.8, 4) is 6.07 Å². The molecule has 1 aliphatic rings. The fraction of sp³-hybridized carbons (Fsp3) is 0.875. The minimum absolute atomic E-state index is 0.373. The van der Waals surface area contributed by atoms with Crippen molar-refractivity contribution in [1.82, 2.24) is 0 Å². The molecule has 0 radical (unpaired) electrons. The van der Waals surface area contributed by atoms with Gasteiger partial charge in [0, 0.05) is 0 Å². The van der Waals surface area contributed by atoms with Crippen LogP contribution in [0.15, 0.2) is 0 Å². The standard InChI is InChI=1S/C8H13N/c1-3-4-8(2)5-7(8)6-9/h7H,3-5H2,1-2H3. The van der Waals surface area contributed by atoms with Crippen molar-refractivity contribution >= 4 is 0 Å². The van der Waals surface area contributed by atoms with E-state index in [-0.39, 0.29) is 0 Å². The summed E-state index contributed by atoms with van der Waals surface area (Å²) in [6.07, 6.45) is 3.58. The highest BCUT2D eigenvalue weighted by atomic mass is 14.5. The Bertz CT molecular complexity index is 145. The summed E-state index contributed by atoms with van der Waals surface area (Å²) in [6.45, 7) is 4.39. The van der Waals surface area contributed by atoms with Crippen molar-refractivity contribution in [1.29, 1.82) is 5.26 Å². The van der Waals surface area contributed by atoms with Gasteiger partial charge in [-0.1, -0.05) is 20.3 Å². The van der Waals surface area contributed by atoms with Crippen LogP contribution >= 0.6 is 0 Å². The van der Waals surface area contributed by atoms with Crippen molar-refractivity contribution < 1.29 is 0 Å². The van der Waals surface area contributed by atoms with Crippen LogP contribution in [0.4, 0.5) is 0 Å². The summed E-state index contributed by atoms with van der Waals surface area (Å²) in [5, 5.41) is 8.52. The molecule has 1 heteroatoms. The van der Waals surface area contributed by atoms with E-state index in [1.54, 1.807) is 0 Å². The van der Waals surface area contributed by atoms with Crippen molar-refractivity contribution in [3.05, 3.63) is 0 Å². The van der Waals surface area contributed by atoms with Crippen LogP contribution in [-0.2, 0) is 0 Å². The number of hydrogen-bond acceptors (Lipinski definition) is 1. The Labute approximate surface area is 56.7 Å². The third kappa shape index (κ3) is 1.08. The second kappa shape index (κ2) is 2.02. The van der Waals surface area contributed by atoms with Gasteiger partial charge in [0.1, 0.15) is 0 Å². The Morgan fingerprint density at radius 3 is 2.78 bits per heavy atom. The zero-order valence-corrected chi connectivity index (χ0v) is 6.15. The lowest BCUT2D eigenvalue weighted by Crippen LogP contribution is -1.94. The van der Waals surface area contributed by atoms with Crippen LogP contribution in [0.3, 0.4) is 0 Å². The Kier molecular flexibility index (Phi) is 1.48. The monoisotopic (exact) mass is 123 g/mol. The molecular formula is C8H13N. The van der Waals surface area contributed by atoms with E-state index in [1.807, 2.05) is 0 Å². The summed E-state index contributed by atoms with van der Waals surface area (Å²) in [5.41, 5.74) is 0.406. The Morgan fingerprint density at radius 1 is 1.78 bits per heavy atom. The lowest BCUT2D eigenvalue weighted by atomic mass is 10.0. The maximum atomic E-state index is 8.52. The molecule has 0 amide bonds. The predicted octanol–water partition coefficient (Wildman–Crippen LogP) is 2.34. The van der Waals surface area contributed by atoms with E-state index in [2.05, 4.69) is 19.9 Å². The highest BCUT2D eigenvalue weighted by molar-refractivity contribution is 5.09. The van der Waals surface area contributed by atoms with Gasteiger partial charge in [0.2, 0.25) is 0 Å². The summed E-state index contributed by atoms with van der Waals surface area (Å²) >= 11 is 0. The molecular weight excluding hydrogens is 110 g/mol. The van der Waals surface area contributed by atoms with Crippen LogP contribution < -0.4 is 0 Å². The molecule has 0 N–H and O–H groups in total. The maximum Gasteiger partial charge on any atom is 0.0661 e. The van der Waals surface area contributed by atoms with Gasteiger partial charge in [0.05, 0.1) is 12.0 Å². The number of nitriles is 1. The topological polar surface area (TPSA) is 23.8 Å². The fourth-order valence-electron chi connectivity index (χ4n) is 1.46. The molecule has 0 aromatic heterocycles. The first kappa shape index (κ1) is 6.61. The van der Waals surface area contributed by atoms with Gasteiger partial charge >= 0.3 is 0 Å². The number of hydrogen-bond donors (Lipinski definition) is 0. The highest BCUT2D eigenvalue weighted by Gasteiger charge is 2.49. The van der Waals surface area contributed by atoms with Crippen LogP contribution in [0.5, 0.6) is 0 Å². The number of rotatable bonds is 2. The molecule has 0 aromatic rings. The molecule has 0 spiro atoms. The normalized spacial score (nSPS) is 39.9. The molecule has 1 rings (SSSR count). The molecule has 0 aliphatic heterocycles. The molecule has 1 nitrogen and oxygen atoms in total. The third-order valence-corrected chi connectivity index (χ3v) is 2.33. The van der Waals surface area contributed by atoms with Gasteiger partial charge in [-0.25, -0.2) is 0 Å². The first-order valence-corrected chi connectivity index (χ1v) is 3.62. The van der Waals surface area contributed by atoms with Gasteiger partial charge in [-0.15, -0.1) is 0 Å². The van der Waals surface area contributed by atoms with E-state index < -0.39 is 0 Å².